The van der Waals surface area contributed by atoms with Crippen LogP contribution in [0.4, 0.5) is 11.4 Å². The van der Waals surface area contributed by atoms with E-state index in [0.29, 0.717) is 10.7 Å². The average molecular weight is 406 g/mol. The van der Waals surface area contributed by atoms with Gasteiger partial charge in [0.2, 0.25) is 0 Å². The number of fused-ring (bicyclic) bond motifs is 1. The van der Waals surface area contributed by atoms with Gasteiger partial charge in [-0.2, -0.15) is 5.26 Å². The Morgan fingerprint density at radius 2 is 1.93 bits per heavy atom. The molecule has 3 rings (SSSR count). The highest BCUT2D eigenvalue weighted by Gasteiger charge is 2.30. The molecule has 0 bridgehead atoms. The van der Waals surface area contributed by atoms with E-state index in [1.807, 2.05) is 18.2 Å². The van der Waals surface area contributed by atoms with Crippen molar-refractivity contribution in [3.05, 3.63) is 70.3 Å². The van der Waals surface area contributed by atoms with E-state index in [1.165, 1.54) is 11.3 Å². The Morgan fingerprint density at radius 3 is 2.55 bits per heavy atom. The number of anilines is 2. The lowest BCUT2D eigenvalue weighted by atomic mass is 9.88. The van der Waals surface area contributed by atoms with Gasteiger partial charge in [0.1, 0.15) is 11.6 Å². The van der Waals surface area contributed by atoms with Gasteiger partial charge >= 0.3 is 0 Å². The van der Waals surface area contributed by atoms with Crippen LogP contribution < -0.4 is 10.2 Å². The number of likely N-dealkylation sites (N-methyl/N-ethyl adjacent to an activating group) is 1. The fourth-order valence-electron chi connectivity index (χ4n) is 3.82. The summed E-state index contributed by atoms with van der Waals surface area (Å²) in [6.45, 7) is 9.53. The van der Waals surface area contributed by atoms with Gasteiger partial charge in [-0.3, -0.25) is 4.79 Å². The molecule has 1 amide bonds. The predicted octanol–water partition coefficient (Wildman–Crippen LogP) is 5.91. The fraction of sp³-hybridized carbons (Fsp3) is 0.250. The summed E-state index contributed by atoms with van der Waals surface area (Å²) >= 11 is 5.87. The van der Waals surface area contributed by atoms with Crippen LogP contribution >= 0.6 is 11.6 Å². The number of carbonyl (C=O) groups is 1. The smallest absolute Gasteiger partial charge is 0.266 e. The first kappa shape index (κ1) is 20.7. The summed E-state index contributed by atoms with van der Waals surface area (Å²) in [4.78, 5) is 14.9. The van der Waals surface area contributed by atoms with Crippen LogP contribution in [0.2, 0.25) is 5.02 Å². The van der Waals surface area contributed by atoms with Gasteiger partial charge in [0.05, 0.1) is 5.54 Å². The Hall–Kier alpha value is -3.03. The molecular formula is C24H24ClN3O. The highest BCUT2D eigenvalue weighted by atomic mass is 35.5. The van der Waals surface area contributed by atoms with Gasteiger partial charge in [-0.15, -0.1) is 0 Å². The molecule has 4 nitrogen and oxygen atoms in total. The van der Waals surface area contributed by atoms with E-state index < -0.39 is 5.91 Å². The average Bonchev–Trinajstić information content (AvgIpc) is 2.67. The van der Waals surface area contributed by atoms with Crippen molar-refractivity contribution < 1.29 is 4.79 Å². The van der Waals surface area contributed by atoms with Gasteiger partial charge in [-0.05, 0) is 81.3 Å². The SMILES string of the molecule is CCN1c2ccc(/C=C(\C#N)C(=O)Nc3ccc(Cl)cc3)cc2C(C)=CC1(C)C. The molecule has 148 valence electrons. The summed E-state index contributed by atoms with van der Waals surface area (Å²) in [5, 5.41) is 12.8. The maximum Gasteiger partial charge on any atom is 0.266 e. The number of nitriles is 1. The number of hydrogen-bond acceptors (Lipinski definition) is 3. The summed E-state index contributed by atoms with van der Waals surface area (Å²) in [5.41, 5.74) is 4.87. The molecule has 1 heterocycles. The maximum atomic E-state index is 12.5. The van der Waals surface area contributed by atoms with Crippen LogP contribution in [0.1, 0.15) is 38.8 Å². The van der Waals surface area contributed by atoms with E-state index in [2.05, 4.69) is 50.1 Å². The molecule has 29 heavy (non-hydrogen) atoms. The van der Waals surface area contributed by atoms with Gasteiger partial charge in [-0.25, -0.2) is 0 Å². The van der Waals surface area contributed by atoms with Crippen molar-refractivity contribution in [2.45, 2.75) is 33.2 Å². The molecule has 1 aliphatic rings. The topological polar surface area (TPSA) is 56.1 Å². The first-order valence-electron chi connectivity index (χ1n) is 9.55. The molecule has 0 spiro atoms. The highest BCUT2D eigenvalue weighted by Crippen LogP contribution is 2.39. The molecule has 1 N–H and O–H groups in total. The van der Waals surface area contributed by atoms with E-state index in [9.17, 15) is 10.1 Å². The van der Waals surface area contributed by atoms with Crippen molar-refractivity contribution in [3.8, 4) is 6.07 Å². The minimum Gasteiger partial charge on any atom is -0.363 e. The molecule has 0 atom stereocenters. The molecule has 2 aromatic carbocycles. The van der Waals surface area contributed by atoms with Gasteiger partial charge < -0.3 is 10.2 Å². The zero-order chi connectivity index (χ0) is 21.2. The van der Waals surface area contributed by atoms with Crippen molar-refractivity contribution in [2.75, 3.05) is 16.8 Å². The van der Waals surface area contributed by atoms with Gasteiger partial charge in [0.15, 0.2) is 0 Å². The molecule has 0 saturated carbocycles. The quantitative estimate of drug-likeness (QED) is 0.508. The van der Waals surface area contributed by atoms with Crippen LogP contribution in [0.3, 0.4) is 0 Å². The third-order valence-electron chi connectivity index (χ3n) is 5.10. The molecule has 0 radical (unpaired) electrons. The second kappa shape index (κ2) is 8.14. The number of nitrogens with one attached hydrogen (secondary N) is 1. The third kappa shape index (κ3) is 4.36. The molecular weight excluding hydrogens is 382 g/mol. The Labute approximate surface area is 177 Å². The number of carbonyl (C=O) groups excluding carboxylic acids is 1. The third-order valence-corrected chi connectivity index (χ3v) is 5.35. The lowest BCUT2D eigenvalue weighted by Gasteiger charge is -2.42. The van der Waals surface area contributed by atoms with E-state index in [1.54, 1.807) is 30.3 Å². The summed E-state index contributed by atoms with van der Waals surface area (Å²) in [7, 11) is 0. The standard InChI is InChI=1S/C24H24ClN3O/c1-5-28-22-11-6-17(13-21(22)16(2)14-24(28,3)4)12-18(15-26)23(29)27-20-9-7-19(25)8-10-20/h6-14H,5H2,1-4H3,(H,27,29)/b18-12+. The number of hydrogen-bond donors (Lipinski definition) is 1. The van der Waals surface area contributed by atoms with Crippen molar-refractivity contribution in [3.63, 3.8) is 0 Å². The second-order valence-electron chi connectivity index (χ2n) is 7.63. The van der Waals surface area contributed by atoms with E-state index in [4.69, 9.17) is 11.6 Å². The van der Waals surface area contributed by atoms with E-state index in [-0.39, 0.29) is 11.1 Å². The van der Waals surface area contributed by atoms with Crippen LogP contribution in [0.25, 0.3) is 11.6 Å². The first-order valence-corrected chi connectivity index (χ1v) is 9.93. The lowest BCUT2D eigenvalue weighted by Crippen LogP contribution is -2.44. The Bertz CT molecular complexity index is 1040. The van der Waals surface area contributed by atoms with Crippen molar-refractivity contribution in [1.82, 2.24) is 0 Å². The van der Waals surface area contributed by atoms with Crippen LogP contribution in [0.15, 0.2) is 54.1 Å². The molecule has 0 saturated heterocycles. The molecule has 5 heteroatoms. The summed E-state index contributed by atoms with van der Waals surface area (Å²) < 4.78 is 0. The minimum atomic E-state index is -0.448. The molecule has 0 fully saturated rings. The van der Waals surface area contributed by atoms with Crippen molar-refractivity contribution in [1.29, 1.82) is 5.26 Å². The van der Waals surface area contributed by atoms with Crippen LogP contribution in [0, 0.1) is 11.3 Å². The normalized spacial score (nSPS) is 15.2. The van der Waals surface area contributed by atoms with Crippen molar-refractivity contribution in [2.24, 2.45) is 0 Å². The predicted molar refractivity (Wildman–Crippen MR) is 121 cm³/mol. The molecule has 0 unspecified atom stereocenters. The molecule has 1 aliphatic heterocycles. The number of halogens is 1. The van der Waals surface area contributed by atoms with Crippen LogP contribution in [0.5, 0.6) is 0 Å². The Kier molecular flexibility index (Phi) is 5.81. The summed E-state index contributed by atoms with van der Waals surface area (Å²) in [6, 6.07) is 14.8. The number of nitrogens with zero attached hydrogens (tertiary/aromatic N) is 2. The molecule has 2 aromatic rings. The monoisotopic (exact) mass is 405 g/mol. The number of allylic oxidation sites excluding steroid dienone is 1. The van der Waals surface area contributed by atoms with Crippen molar-refractivity contribution >= 4 is 40.5 Å². The summed E-state index contributed by atoms with van der Waals surface area (Å²) in [5.74, 6) is -0.448. The summed E-state index contributed by atoms with van der Waals surface area (Å²) in [6.07, 6.45) is 3.87. The van der Waals surface area contributed by atoms with E-state index >= 15 is 0 Å². The lowest BCUT2D eigenvalue weighted by molar-refractivity contribution is -0.112. The maximum absolute atomic E-state index is 12.5. The number of rotatable bonds is 4. The molecule has 0 aliphatic carbocycles. The minimum absolute atomic E-state index is 0.0463. The van der Waals surface area contributed by atoms with Gasteiger partial charge in [-0.1, -0.05) is 23.7 Å². The Morgan fingerprint density at radius 1 is 1.24 bits per heavy atom. The van der Waals surface area contributed by atoms with Gasteiger partial charge in [0, 0.05) is 28.5 Å². The second-order valence-corrected chi connectivity index (χ2v) is 8.07. The zero-order valence-corrected chi connectivity index (χ0v) is 17.8. The first-order chi connectivity index (χ1) is 13.7. The van der Waals surface area contributed by atoms with Crippen LogP contribution in [-0.4, -0.2) is 18.0 Å². The Balaban J connectivity index is 1.91. The zero-order valence-electron chi connectivity index (χ0n) is 17.1. The molecule has 0 aromatic heterocycles. The van der Waals surface area contributed by atoms with E-state index in [0.717, 1.165) is 17.7 Å². The van der Waals surface area contributed by atoms with Crippen LogP contribution in [-0.2, 0) is 4.79 Å². The number of amides is 1. The fourth-order valence-corrected chi connectivity index (χ4v) is 3.94. The highest BCUT2D eigenvalue weighted by molar-refractivity contribution is 6.30. The van der Waals surface area contributed by atoms with Gasteiger partial charge in [0.25, 0.3) is 5.91 Å². The largest absolute Gasteiger partial charge is 0.363 e. The number of benzene rings is 2.